The Morgan fingerprint density at radius 3 is 2.82 bits per heavy atom. The molecule has 0 aromatic heterocycles. The number of amides is 2. The van der Waals surface area contributed by atoms with Gasteiger partial charge < -0.3 is 24.6 Å². The van der Waals surface area contributed by atoms with Crippen LogP contribution in [0.4, 0.5) is 0 Å². The Labute approximate surface area is 166 Å². The highest BCUT2D eigenvalue weighted by Gasteiger charge is 2.42. The van der Waals surface area contributed by atoms with Crippen LogP contribution < -0.4 is 10.1 Å². The van der Waals surface area contributed by atoms with E-state index in [1.807, 2.05) is 18.2 Å². The number of rotatable bonds is 4. The minimum atomic E-state index is -0.441. The van der Waals surface area contributed by atoms with E-state index in [2.05, 4.69) is 17.3 Å². The minimum Gasteiger partial charge on any atom is -0.484 e. The summed E-state index contributed by atoms with van der Waals surface area (Å²) >= 11 is 0. The lowest BCUT2D eigenvalue weighted by molar-refractivity contribution is -0.122. The quantitative estimate of drug-likeness (QED) is 0.843. The van der Waals surface area contributed by atoms with Crippen molar-refractivity contribution in [1.82, 2.24) is 15.1 Å². The van der Waals surface area contributed by atoms with Crippen LogP contribution in [0.25, 0.3) is 0 Å². The summed E-state index contributed by atoms with van der Waals surface area (Å²) in [4.78, 5) is 29.6. The first kappa shape index (κ1) is 19.2. The summed E-state index contributed by atoms with van der Waals surface area (Å²) in [5.74, 6) is 0.337. The zero-order chi connectivity index (χ0) is 19.6. The van der Waals surface area contributed by atoms with Crippen LogP contribution in [0.5, 0.6) is 5.75 Å². The summed E-state index contributed by atoms with van der Waals surface area (Å²) in [6.45, 7) is 3.56. The molecule has 4 rings (SSSR count). The molecular formula is C21H29N3O4. The number of likely N-dealkylation sites (tertiary alicyclic amines) is 1. The highest BCUT2D eigenvalue weighted by molar-refractivity contribution is 5.99. The average Bonchev–Trinajstić information content (AvgIpc) is 3.18. The summed E-state index contributed by atoms with van der Waals surface area (Å²) in [6, 6.07) is 7.36. The van der Waals surface area contributed by atoms with Crippen molar-refractivity contribution >= 4 is 11.8 Å². The molecule has 28 heavy (non-hydrogen) atoms. The Balaban J connectivity index is 1.49. The van der Waals surface area contributed by atoms with E-state index in [1.54, 1.807) is 11.0 Å². The number of benzene rings is 1. The molecule has 7 heteroatoms. The fourth-order valence-corrected chi connectivity index (χ4v) is 4.26. The van der Waals surface area contributed by atoms with Crippen LogP contribution in [-0.2, 0) is 9.53 Å². The topological polar surface area (TPSA) is 71.1 Å². The zero-order valence-electron chi connectivity index (χ0n) is 16.5. The molecule has 1 N–H and O–H groups in total. The molecule has 7 nitrogen and oxygen atoms in total. The van der Waals surface area contributed by atoms with Crippen LogP contribution in [0.3, 0.4) is 0 Å². The van der Waals surface area contributed by atoms with Crippen LogP contribution in [0.15, 0.2) is 24.3 Å². The Kier molecular flexibility index (Phi) is 5.55. The second-order valence-corrected chi connectivity index (χ2v) is 8.18. The molecule has 0 aliphatic carbocycles. The van der Waals surface area contributed by atoms with E-state index in [0.717, 1.165) is 45.4 Å². The van der Waals surface area contributed by atoms with Crippen LogP contribution in [0, 0.1) is 0 Å². The van der Waals surface area contributed by atoms with Crippen molar-refractivity contribution in [2.75, 3.05) is 46.4 Å². The van der Waals surface area contributed by atoms with E-state index in [0.29, 0.717) is 24.4 Å². The number of nitrogens with one attached hydrogen (secondary N) is 1. The number of hydrogen-bond donors (Lipinski definition) is 1. The highest BCUT2D eigenvalue weighted by Crippen LogP contribution is 2.35. The van der Waals surface area contributed by atoms with Gasteiger partial charge in [-0.2, -0.15) is 0 Å². The van der Waals surface area contributed by atoms with Crippen LogP contribution >= 0.6 is 0 Å². The molecule has 3 aliphatic rings. The van der Waals surface area contributed by atoms with E-state index in [9.17, 15) is 9.59 Å². The van der Waals surface area contributed by atoms with Crippen molar-refractivity contribution in [2.45, 2.75) is 37.4 Å². The molecule has 1 spiro atoms. The maximum absolute atomic E-state index is 13.2. The molecule has 2 saturated heterocycles. The van der Waals surface area contributed by atoms with Gasteiger partial charge in [0, 0.05) is 39.1 Å². The Morgan fingerprint density at radius 2 is 2.07 bits per heavy atom. The van der Waals surface area contributed by atoms with E-state index >= 15 is 0 Å². The summed E-state index contributed by atoms with van der Waals surface area (Å²) < 4.78 is 12.0. The van der Waals surface area contributed by atoms with Gasteiger partial charge in [0.05, 0.1) is 24.8 Å². The van der Waals surface area contributed by atoms with Crippen molar-refractivity contribution in [3.63, 3.8) is 0 Å². The van der Waals surface area contributed by atoms with Gasteiger partial charge in [0.1, 0.15) is 11.4 Å². The predicted octanol–water partition coefficient (Wildman–Crippen LogP) is 1.28. The van der Waals surface area contributed by atoms with Gasteiger partial charge in [-0.15, -0.1) is 0 Å². The van der Waals surface area contributed by atoms with Crippen LogP contribution in [0.1, 0.15) is 36.0 Å². The van der Waals surface area contributed by atoms with Gasteiger partial charge in [0.15, 0.2) is 0 Å². The molecule has 1 atom stereocenters. The predicted molar refractivity (Wildman–Crippen MR) is 104 cm³/mol. The van der Waals surface area contributed by atoms with Crippen LogP contribution in [0.2, 0.25) is 0 Å². The average molecular weight is 387 g/mol. The highest BCUT2D eigenvalue weighted by atomic mass is 16.5. The molecule has 2 amide bonds. The number of ether oxygens (including phenoxy) is 2. The van der Waals surface area contributed by atoms with Gasteiger partial charge in [-0.3, -0.25) is 9.59 Å². The Morgan fingerprint density at radius 1 is 1.29 bits per heavy atom. The van der Waals surface area contributed by atoms with Crippen molar-refractivity contribution in [1.29, 1.82) is 0 Å². The lowest BCUT2D eigenvalue weighted by atomic mass is 9.90. The van der Waals surface area contributed by atoms with E-state index < -0.39 is 5.60 Å². The first-order valence-corrected chi connectivity index (χ1v) is 10.2. The molecule has 3 heterocycles. The second-order valence-electron chi connectivity index (χ2n) is 8.18. The number of carbonyl (C=O) groups is 2. The molecule has 0 saturated carbocycles. The number of hydrogen-bond acceptors (Lipinski definition) is 5. The van der Waals surface area contributed by atoms with Crippen molar-refractivity contribution in [3.8, 4) is 5.75 Å². The summed E-state index contributed by atoms with van der Waals surface area (Å²) in [5.41, 5.74) is 0.0918. The number of para-hydroxylation sites is 1. The lowest BCUT2D eigenvalue weighted by Gasteiger charge is -2.41. The van der Waals surface area contributed by atoms with Gasteiger partial charge in [0.25, 0.3) is 5.91 Å². The SMILES string of the molecule is CN1CCC2(CC1)CN(CC(=O)NC[C@H]1CCCO1)C(=O)c1ccccc1O2. The first-order chi connectivity index (χ1) is 13.5. The van der Waals surface area contributed by atoms with Crippen molar-refractivity contribution in [3.05, 3.63) is 29.8 Å². The van der Waals surface area contributed by atoms with Crippen LogP contribution in [-0.4, -0.2) is 79.7 Å². The lowest BCUT2D eigenvalue weighted by Crippen LogP contribution is -2.55. The number of nitrogens with zero attached hydrogens (tertiary/aromatic N) is 2. The minimum absolute atomic E-state index is 0.0425. The summed E-state index contributed by atoms with van der Waals surface area (Å²) in [6.07, 6.45) is 3.77. The largest absolute Gasteiger partial charge is 0.484 e. The second kappa shape index (κ2) is 8.09. The first-order valence-electron chi connectivity index (χ1n) is 10.2. The maximum atomic E-state index is 13.2. The molecule has 0 unspecified atom stereocenters. The third kappa shape index (κ3) is 4.15. The number of carbonyl (C=O) groups excluding carboxylic acids is 2. The van der Waals surface area contributed by atoms with Gasteiger partial charge in [-0.1, -0.05) is 12.1 Å². The molecule has 0 bridgehead atoms. The van der Waals surface area contributed by atoms with Gasteiger partial charge in [-0.05, 0) is 32.0 Å². The molecule has 1 aromatic rings. The fourth-order valence-electron chi connectivity index (χ4n) is 4.26. The maximum Gasteiger partial charge on any atom is 0.258 e. The molecule has 0 radical (unpaired) electrons. The Bertz CT molecular complexity index is 724. The summed E-state index contributed by atoms with van der Waals surface area (Å²) in [7, 11) is 2.10. The fraction of sp³-hybridized carbons (Fsp3) is 0.619. The smallest absolute Gasteiger partial charge is 0.258 e. The van der Waals surface area contributed by atoms with Gasteiger partial charge in [0.2, 0.25) is 5.91 Å². The summed E-state index contributed by atoms with van der Waals surface area (Å²) in [5, 5.41) is 2.93. The van der Waals surface area contributed by atoms with Gasteiger partial charge >= 0.3 is 0 Å². The normalized spacial score (nSPS) is 24.5. The monoisotopic (exact) mass is 387 g/mol. The van der Waals surface area contributed by atoms with E-state index in [4.69, 9.17) is 9.47 Å². The van der Waals surface area contributed by atoms with E-state index in [-0.39, 0.29) is 24.5 Å². The molecule has 3 aliphatic heterocycles. The van der Waals surface area contributed by atoms with E-state index in [1.165, 1.54) is 0 Å². The number of piperidine rings is 1. The van der Waals surface area contributed by atoms with Gasteiger partial charge in [-0.25, -0.2) is 0 Å². The standard InChI is InChI=1S/C21H29N3O4/c1-23-10-8-21(9-11-23)15-24(14-19(25)22-13-16-5-4-12-27-16)20(26)17-6-2-3-7-18(17)28-21/h2-3,6-7,16H,4-5,8-15H2,1H3,(H,22,25)/t16-/m1/s1. The van der Waals surface area contributed by atoms with Crippen molar-refractivity contribution in [2.24, 2.45) is 0 Å². The third-order valence-electron chi connectivity index (χ3n) is 5.99. The van der Waals surface area contributed by atoms with Crippen molar-refractivity contribution < 1.29 is 19.1 Å². The molecule has 2 fully saturated rings. The third-order valence-corrected chi connectivity index (χ3v) is 5.99. The molecular weight excluding hydrogens is 358 g/mol. The molecule has 152 valence electrons. The zero-order valence-corrected chi connectivity index (χ0v) is 16.5. The molecule has 1 aromatic carbocycles. The Hall–Kier alpha value is -2.12. The number of fused-ring (bicyclic) bond motifs is 1.